The van der Waals surface area contributed by atoms with Crippen LogP contribution in [0.3, 0.4) is 0 Å². The average molecular weight is 465 g/mol. The Morgan fingerprint density at radius 1 is 0.971 bits per heavy atom. The number of piperidine rings is 1. The maximum absolute atomic E-state index is 13.0. The van der Waals surface area contributed by atoms with Gasteiger partial charge in [0.1, 0.15) is 0 Å². The zero-order valence-electron chi connectivity index (χ0n) is 19.3. The first kappa shape index (κ1) is 22.3. The van der Waals surface area contributed by atoms with E-state index < -0.39 is 0 Å². The minimum absolute atomic E-state index is 0.000974. The van der Waals surface area contributed by atoms with Crippen molar-refractivity contribution < 1.29 is 9.59 Å². The topological polar surface area (TPSA) is 103 Å². The lowest BCUT2D eigenvalue weighted by molar-refractivity contribution is -0.119. The predicted molar refractivity (Wildman–Crippen MR) is 131 cm³/mol. The number of imidazole rings is 1. The Balaban J connectivity index is 1.34. The first-order chi connectivity index (χ1) is 17.0. The molecule has 3 heterocycles. The van der Waals surface area contributed by atoms with E-state index in [0.717, 1.165) is 41.0 Å². The molecule has 1 aliphatic rings. The number of nitrogens with one attached hydrogen (secondary N) is 1. The van der Waals surface area contributed by atoms with Crippen LogP contribution in [-0.4, -0.2) is 50.2 Å². The molecule has 2 aromatic carbocycles. The molecule has 0 saturated carbocycles. The Kier molecular flexibility index (Phi) is 5.98. The second-order valence-corrected chi connectivity index (χ2v) is 8.68. The van der Waals surface area contributed by atoms with Crippen LogP contribution in [0, 0.1) is 11.3 Å². The Hall–Kier alpha value is -4.51. The fourth-order valence-electron chi connectivity index (χ4n) is 4.45. The summed E-state index contributed by atoms with van der Waals surface area (Å²) in [7, 11) is 0. The van der Waals surface area contributed by atoms with E-state index in [1.807, 2.05) is 51.9 Å². The second-order valence-electron chi connectivity index (χ2n) is 8.68. The number of benzene rings is 2. The summed E-state index contributed by atoms with van der Waals surface area (Å²) in [6.07, 6.45) is 6.97. The summed E-state index contributed by atoms with van der Waals surface area (Å²) >= 11 is 0. The van der Waals surface area contributed by atoms with E-state index in [2.05, 4.69) is 21.4 Å². The molecule has 35 heavy (non-hydrogen) atoms. The van der Waals surface area contributed by atoms with Crippen molar-refractivity contribution in [2.24, 2.45) is 0 Å². The Bertz CT molecular complexity index is 1430. The highest BCUT2D eigenvalue weighted by Gasteiger charge is 2.24. The molecule has 0 unspecified atom stereocenters. The third-order valence-corrected chi connectivity index (χ3v) is 6.32. The molecule has 5 rings (SSSR count). The van der Waals surface area contributed by atoms with Gasteiger partial charge in [-0.1, -0.05) is 24.3 Å². The number of nitrogens with zero attached hydrogens (tertiary/aromatic N) is 5. The van der Waals surface area contributed by atoms with Crippen LogP contribution in [0.2, 0.25) is 0 Å². The molecule has 1 N–H and O–H groups in total. The van der Waals surface area contributed by atoms with Gasteiger partial charge in [-0.15, -0.1) is 0 Å². The van der Waals surface area contributed by atoms with E-state index in [0.29, 0.717) is 24.2 Å². The van der Waals surface area contributed by atoms with Gasteiger partial charge in [-0.2, -0.15) is 5.26 Å². The molecule has 2 aromatic heterocycles. The highest BCUT2D eigenvalue weighted by molar-refractivity contribution is 5.94. The Labute approximate surface area is 202 Å². The van der Waals surface area contributed by atoms with Crippen molar-refractivity contribution in [1.82, 2.24) is 24.6 Å². The number of carbonyl (C=O) groups excluding carboxylic acids is 2. The molecule has 0 radical (unpaired) electrons. The van der Waals surface area contributed by atoms with Crippen LogP contribution in [0.15, 0.2) is 67.1 Å². The van der Waals surface area contributed by atoms with Gasteiger partial charge in [0.05, 0.1) is 35.4 Å². The SMILES string of the molecule is CC(=O)NC1CCN(C(=O)c2ccc(-c3cn4c(-c5ccc(C#N)cc5)cnc4cn3)cc2)CC1. The minimum atomic E-state index is -0.0307. The summed E-state index contributed by atoms with van der Waals surface area (Å²) < 4.78 is 1.97. The molecule has 2 amide bonds. The van der Waals surface area contributed by atoms with E-state index in [9.17, 15) is 9.59 Å². The van der Waals surface area contributed by atoms with Crippen molar-refractivity contribution >= 4 is 17.5 Å². The maximum atomic E-state index is 13.0. The number of likely N-dealkylation sites (tertiary alicyclic amines) is 1. The van der Waals surface area contributed by atoms with Gasteiger partial charge >= 0.3 is 0 Å². The molecule has 1 aliphatic heterocycles. The van der Waals surface area contributed by atoms with Crippen molar-refractivity contribution in [3.05, 3.63) is 78.2 Å². The number of rotatable bonds is 4. The zero-order chi connectivity index (χ0) is 24.4. The first-order valence-electron chi connectivity index (χ1n) is 11.5. The standard InChI is InChI=1S/C27H24N6O2/c1-18(34)31-23-10-12-32(13-11-23)27(35)22-8-6-20(7-9-22)24-17-33-25(15-30-26(33)16-29-24)21-4-2-19(14-28)3-5-21/h2-9,15-17,23H,10-13H2,1H3,(H,31,34). The molecule has 1 fully saturated rings. The van der Waals surface area contributed by atoms with Gasteiger partial charge in [0.25, 0.3) is 5.91 Å². The smallest absolute Gasteiger partial charge is 0.253 e. The summed E-state index contributed by atoms with van der Waals surface area (Å²) in [6, 6.07) is 17.1. The van der Waals surface area contributed by atoms with Gasteiger partial charge in [-0.05, 0) is 37.1 Å². The van der Waals surface area contributed by atoms with E-state index in [1.54, 1.807) is 24.5 Å². The van der Waals surface area contributed by atoms with Crippen LogP contribution in [0.4, 0.5) is 0 Å². The molecule has 0 spiro atoms. The van der Waals surface area contributed by atoms with Crippen molar-refractivity contribution in [2.75, 3.05) is 13.1 Å². The number of fused-ring (bicyclic) bond motifs is 1. The van der Waals surface area contributed by atoms with Crippen molar-refractivity contribution in [1.29, 1.82) is 5.26 Å². The van der Waals surface area contributed by atoms with Crippen LogP contribution < -0.4 is 5.32 Å². The summed E-state index contributed by atoms with van der Waals surface area (Å²) in [6.45, 7) is 2.78. The number of hydrogen-bond donors (Lipinski definition) is 1. The van der Waals surface area contributed by atoms with E-state index in [4.69, 9.17) is 5.26 Å². The van der Waals surface area contributed by atoms with Crippen molar-refractivity contribution in [2.45, 2.75) is 25.8 Å². The van der Waals surface area contributed by atoms with E-state index in [-0.39, 0.29) is 17.9 Å². The molecule has 0 aliphatic carbocycles. The van der Waals surface area contributed by atoms with Crippen LogP contribution >= 0.6 is 0 Å². The van der Waals surface area contributed by atoms with E-state index in [1.165, 1.54) is 6.92 Å². The summed E-state index contributed by atoms with van der Waals surface area (Å²) in [5, 5.41) is 12.0. The normalized spacial score (nSPS) is 14.0. The molecular formula is C27H24N6O2. The lowest BCUT2D eigenvalue weighted by Crippen LogP contribution is -2.46. The molecule has 8 nitrogen and oxygen atoms in total. The van der Waals surface area contributed by atoms with Crippen LogP contribution in [0.1, 0.15) is 35.7 Å². The average Bonchev–Trinajstić information content (AvgIpc) is 3.32. The number of amides is 2. The molecule has 1 saturated heterocycles. The fraction of sp³-hybridized carbons (Fsp3) is 0.222. The molecule has 4 aromatic rings. The van der Waals surface area contributed by atoms with E-state index >= 15 is 0 Å². The monoisotopic (exact) mass is 464 g/mol. The molecule has 0 atom stereocenters. The van der Waals surface area contributed by atoms with Gasteiger partial charge in [-0.25, -0.2) is 4.98 Å². The third kappa shape index (κ3) is 4.62. The highest BCUT2D eigenvalue weighted by atomic mass is 16.2. The second kappa shape index (κ2) is 9.39. The Morgan fingerprint density at radius 2 is 1.66 bits per heavy atom. The first-order valence-corrected chi connectivity index (χ1v) is 11.5. The summed E-state index contributed by atoms with van der Waals surface area (Å²) in [4.78, 5) is 35.0. The quantitative estimate of drug-likeness (QED) is 0.496. The number of carbonyl (C=O) groups is 2. The molecule has 0 bridgehead atoms. The van der Waals surface area contributed by atoms with Crippen LogP contribution in [-0.2, 0) is 4.79 Å². The van der Waals surface area contributed by atoms with Crippen LogP contribution in [0.5, 0.6) is 0 Å². The van der Waals surface area contributed by atoms with Crippen molar-refractivity contribution in [3.63, 3.8) is 0 Å². The maximum Gasteiger partial charge on any atom is 0.253 e. The Morgan fingerprint density at radius 3 is 2.31 bits per heavy atom. The fourth-order valence-corrected chi connectivity index (χ4v) is 4.45. The zero-order valence-corrected chi connectivity index (χ0v) is 19.3. The van der Waals surface area contributed by atoms with Crippen LogP contribution in [0.25, 0.3) is 28.2 Å². The number of nitriles is 1. The van der Waals surface area contributed by atoms with Gasteiger partial charge in [0.15, 0.2) is 5.65 Å². The summed E-state index contributed by atoms with van der Waals surface area (Å²) in [5.41, 5.74) is 5.49. The molecular weight excluding hydrogens is 440 g/mol. The third-order valence-electron chi connectivity index (χ3n) is 6.32. The predicted octanol–water partition coefficient (Wildman–Crippen LogP) is 3.68. The van der Waals surface area contributed by atoms with Gasteiger partial charge in [0, 0.05) is 48.9 Å². The minimum Gasteiger partial charge on any atom is -0.353 e. The largest absolute Gasteiger partial charge is 0.353 e. The highest BCUT2D eigenvalue weighted by Crippen LogP contribution is 2.25. The lowest BCUT2D eigenvalue weighted by Gasteiger charge is -2.32. The van der Waals surface area contributed by atoms with Gasteiger partial charge in [0.2, 0.25) is 5.91 Å². The van der Waals surface area contributed by atoms with Gasteiger partial charge < -0.3 is 10.2 Å². The number of hydrogen-bond acceptors (Lipinski definition) is 5. The van der Waals surface area contributed by atoms with Gasteiger partial charge in [-0.3, -0.25) is 19.0 Å². The summed E-state index contributed by atoms with van der Waals surface area (Å²) in [5.74, 6) is -0.0316. The van der Waals surface area contributed by atoms with Crippen molar-refractivity contribution in [3.8, 4) is 28.6 Å². The molecule has 8 heteroatoms. The number of aromatic nitrogens is 3. The molecule has 174 valence electrons. The lowest BCUT2D eigenvalue weighted by atomic mass is 10.0.